The molecule has 0 aliphatic carbocycles. The summed E-state index contributed by atoms with van der Waals surface area (Å²) in [6, 6.07) is 12.2. The van der Waals surface area contributed by atoms with E-state index in [4.69, 9.17) is 16.7 Å². The Morgan fingerprint density at radius 1 is 1.31 bits per heavy atom. The number of hydrogen-bond donors (Lipinski definition) is 2. The molecule has 0 radical (unpaired) electrons. The molecule has 1 aliphatic heterocycles. The van der Waals surface area contributed by atoms with Crippen LogP contribution in [0, 0.1) is 5.82 Å². The Hall–Kier alpha value is -1.95. The van der Waals surface area contributed by atoms with Crippen LogP contribution in [0.15, 0.2) is 42.5 Å². The maximum Gasteiger partial charge on any atom is 0.335 e. The Balaban J connectivity index is 1.73. The van der Waals surface area contributed by atoms with Crippen LogP contribution in [0.5, 0.6) is 0 Å². The van der Waals surface area contributed by atoms with Crippen LogP contribution in [0.1, 0.15) is 40.9 Å². The molecule has 1 saturated heterocycles. The van der Waals surface area contributed by atoms with Crippen molar-refractivity contribution in [1.29, 1.82) is 0 Å². The van der Waals surface area contributed by atoms with Gasteiger partial charge in [0.2, 0.25) is 0 Å². The van der Waals surface area contributed by atoms with Gasteiger partial charge in [-0.2, -0.15) is 0 Å². The number of aromatic carboxylic acids is 1. The Labute approximate surface area is 157 Å². The fraction of sp³-hybridized carbons (Fsp3) is 0.350. The Bertz CT molecular complexity index is 782. The normalized spacial score (nSPS) is 20.4. The molecule has 0 amide bonds. The average Bonchev–Trinajstić information content (AvgIpc) is 3.05. The average molecular weight is 377 g/mol. The minimum Gasteiger partial charge on any atom is -0.478 e. The highest BCUT2D eigenvalue weighted by Crippen LogP contribution is 2.33. The van der Waals surface area contributed by atoms with Gasteiger partial charge in [-0.25, -0.2) is 9.18 Å². The summed E-state index contributed by atoms with van der Waals surface area (Å²) in [7, 11) is 0. The fourth-order valence-electron chi connectivity index (χ4n) is 3.58. The highest BCUT2D eigenvalue weighted by molar-refractivity contribution is 6.30. The third-order valence-corrected chi connectivity index (χ3v) is 5.27. The van der Waals surface area contributed by atoms with Gasteiger partial charge in [0.05, 0.1) is 16.6 Å². The number of carbonyl (C=O) groups is 1. The first-order valence-electron chi connectivity index (χ1n) is 8.74. The standard InChI is InChI=1S/C20H22ClFN2O2/c1-2-24-10-9-18(19(24)15-7-8-16(21)17(22)11-15)23-12-13-3-5-14(6-4-13)20(25)26/h3-8,11,18-19,23H,2,9-10,12H2,1H3,(H,25,26). The summed E-state index contributed by atoms with van der Waals surface area (Å²) in [4.78, 5) is 13.3. The number of likely N-dealkylation sites (N-methyl/N-ethyl adjacent to an activating group) is 1. The van der Waals surface area contributed by atoms with Gasteiger partial charge in [0.1, 0.15) is 5.82 Å². The number of nitrogens with one attached hydrogen (secondary N) is 1. The van der Waals surface area contributed by atoms with Gasteiger partial charge in [-0.15, -0.1) is 0 Å². The van der Waals surface area contributed by atoms with E-state index in [1.165, 1.54) is 6.07 Å². The minimum atomic E-state index is -0.927. The lowest BCUT2D eigenvalue weighted by Gasteiger charge is -2.28. The van der Waals surface area contributed by atoms with Crippen LogP contribution < -0.4 is 5.32 Å². The Morgan fingerprint density at radius 2 is 2.04 bits per heavy atom. The molecule has 1 aliphatic rings. The molecule has 0 spiro atoms. The summed E-state index contributed by atoms with van der Waals surface area (Å²) in [6.07, 6.45) is 0.968. The molecule has 2 aromatic rings. The molecule has 2 N–H and O–H groups in total. The van der Waals surface area contributed by atoms with Gasteiger partial charge in [0.25, 0.3) is 0 Å². The molecular formula is C20H22ClFN2O2. The molecule has 26 heavy (non-hydrogen) atoms. The predicted molar refractivity (Wildman–Crippen MR) is 100 cm³/mol. The molecule has 4 nitrogen and oxygen atoms in total. The number of carboxylic acid groups (broad SMARTS) is 1. The topological polar surface area (TPSA) is 52.6 Å². The van der Waals surface area contributed by atoms with E-state index in [0.717, 1.165) is 30.6 Å². The largest absolute Gasteiger partial charge is 0.478 e. The number of benzene rings is 2. The highest BCUT2D eigenvalue weighted by atomic mass is 35.5. The van der Waals surface area contributed by atoms with Crippen LogP contribution in [0.3, 0.4) is 0 Å². The molecule has 0 aromatic heterocycles. The molecule has 0 bridgehead atoms. The maximum absolute atomic E-state index is 13.9. The number of hydrogen-bond acceptors (Lipinski definition) is 3. The van der Waals surface area contributed by atoms with Crippen molar-refractivity contribution in [2.75, 3.05) is 13.1 Å². The van der Waals surface area contributed by atoms with E-state index < -0.39 is 11.8 Å². The second-order valence-electron chi connectivity index (χ2n) is 6.53. The monoisotopic (exact) mass is 376 g/mol. The fourth-order valence-corrected chi connectivity index (χ4v) is 3.70. The predicted octanol–water partition coefficient (Wildman–Crippen LogP) is 4.10. The SMILES string of the molecule is CCN1CCC(NCc2ccc(C(=O)O)cc2)C1c1ccc(Cl)c(F)c1. The van der Waals surface area contributed by atoms with E-state index in [1.807, 2.05) is 18.2 Å². The van der Waals surface area contributed by atoms with E-state index in [9.17, 15) is 9.18 Å². The third-order valence-electron chi connectivity index (χ3n) is 4.96. The molecule has 2 aromatic carbocycles. The van der Waals surface area contributed by atoms with Crippen LogP contribution in [0.2, 0.25) is 5.02 Å². The number of halogens is 2. The van der Waals surface area contributed by atoms with E-state index in [1.54, 1.807) is 18.2 Å². The summed E-state index contributed by atoms with van der Waals surface area (Å²) >= 11 is 5.82. The number of nitrogens with zero attached hydrogens (tertiary/aromatic N) is 1. The van der Waals surface area contributed by atoms with Gasteiger partial charge in [0, 0.05) is 19.1 Å². The van der Waals surface area contributed by atoms with E-state index >= 15 is 0 Å². The molecular weight excluding hydrogens is 355 g/mol. The van der Waals surface area contributed by atoms with Gasteiger partial charge < -0.3 is 10.4 Å². The van der Waals surface area contributed by atoms with Crippen LogP contribution >= 0.6 is 11.6 Å². The number of likely N-dealkylation sites (tertiary alicyclic amines) is 1. The zero-order chi connectivity index (χ0) is 18.7. The molecule has 138 valence electrons. The molecule has 3 rings (SSSR count). The third kappa shape index (κ3) is 4.06. The van der Waals surface area contributed by atoms with E-state index in [0.29, 0.717) is 6.54 Å². The summed E-state index contributed by atoms with van der Waals surface area (Å²) in [5.74, 6) is -1.32. The summed E-state index contributed by atoms with van der Waals surface area (Å²) in [6.45, 7) is 4.57. The van der Waals surface area contributed by atoms with Crippen molar-refractivity contribution in [3.63, 3.8) is 0 Å². The van der Waals surface area contributed by atoms with Crippen molar-refractivity contribution in [3.8, 4) is 0 Å². The minimum absolute atomic E-state index is 0.0880. The van der Waals surface area contributed by atoms with Crippen LogP contribution in [0.4, 0.5) is 4.39 Å². The van der Waals surface area contributed by atoms with Crippen molar-refractivity contribution in [2.24, 2.45) is 0 Å². The van der Waals surface area contributed by atoms with E-state index in [2.05, 4.69) is 17.1 Å². The first-order valence-corrected chi connectivity index (χ1v) is 9.12. The lowest BCUT2D eigenvalue weighted by Crippen LogP contribution is -2.35. The number of rotatable bonds is 6. The van der Waals surface area contributed by atoms with Gasteiger partial charge in [-0.3, -0.25) is 4.90 Å². The summed E-state index contributed by atoms with van der Waals surface area (Å²) in [5.41, 5.74) is 2.22. The van der Waals surface area contributed by atoms with Crippen molar-refractivity contribution in [1.82, 2.24) is 10.2 Å². The van der Waals surface area contributed by atoms with Crippen molar-refractivity contribution in [2.45, 2.75) is 32.0 Å². The lowest BCUT2D eigenvalue weighted by atomic mass is 9.99. The molecule has 0 saturated carbocycles. The smallest absolute Gasteiger partial charge is 0.335 e. The molecule has 2 atom stereocenters. The van der Waals surface area contributed by atoms with Gasteiger partial charge in [-0.1, -0.05) is 36.7 Å². The molecule has 6 heteroatoms. The Kier molecular flexibility index (Phi) is 5.91. The van der Waals surface area contributed by atoms with E-state index in [-0.39, 0.29) is 22.7 Å². The van der Waals surface area contributed by atoms with Crippen LogP contribution in [-0.2, 0) is 6.54 Å². The summed E-state index contributed by atoms with van der Waals surface area (Å²) < 4.78 is 13.9. The first kappa shape index (κ1) is 18.8. The molecule has 1 heterocycles. The Morgan fingerprint density at radius 3 is 2.65 bits per heavy atom. The number of carboxylic acids is 1. The van der Waals surface area contributed by atoms with Gasteiger partial charge >= 0.3 is 5.97 Å². The zero-order valence-electron chi connectivity index (χ0n) is 14.6. The van der Waals surface area contributed by atoms with Gasteiger partial charge in [-0.05, 0) is 48.4 Å². The quantitative estimate of drug-likeness (QED) is 0.796. The summed E-state index contributed by atoms with van der Waals surface area (Å²) in [5, 5.41) is 12.7. The molecule has 1 fully saturated rings. The van der Waals surface area contributed by atoms with Crippen molar-refractivity contribution < 1.29 is 14.3 Å². The second kappa shape index (κ2) is 8.16. The van der Waals surface area contributed by atoms with Crippen LogP contribution in [0.25, 0.3) is 0 Å². The van der Waals surface area contributed by atoms with Crippen LogP contribution in [-0.4, -0.2) is 35.1 Å². The highest BCUT2D eigenvalue weighted by Gasteiger charge is 2.34. The lowest BCUT2D eigenvalue weighted by molar-refractivity contribution is 0.0697. The first-order chi connectivity index (χ1) is 12.5. The molecule has 2 unspecified atom stereocenters. The zero-order valence-corrected chi connectivity index (χ0v) is 15.3. The van der Waals surface area contributed by atoms with Crippen molar-refractivity contribution in [3.05, 3.63) is 70.0 Å². The maximum atomic E-state index is 13.9. The van der Waals surface area contributed by atoms with Crippen molar-refractivity contribution >= 4 is 17.6 Å². The van der Waals surface area contributed by atoms with Gasteiger partial charge in [0.15, 0.2) is 0 Å². The second-order valence-corrected chi connectivity index (χ2v) is 6.93.